The third kappa shape index (κ3) is 75.2. The topological polar surface area (TPSA) is 144 Å². The number of ether oxygens (including phenoxy) is 6. The average Bonchev–Trinajstić information content (AvgIpc) is 2.10. The van der Waals surface area contributed by atoms with Crippen molar-refractivity contribution in [1.29, 1.82) is 0 Å². The number of nitrogens with zero attached hydrogens (tertiary/aromatic N) is 2. The van der Waals surface area contributed by atoms with Gasteiger partial charge in [0.1, 0.15) is 25.9 Å². The van der Waals surface area contributed by atoms with E-state index in [-0.39, 0.29) is 57.1 Å². The van der Waals surface area contributed by atoms with Crippen LogP contribution in [0.4, 0.5) is 0 Å². The van der Waals surface area contributed by atoms with Crippen molar-refractivity contribution in [2.45, 2.75) is 310 Å². The van der Waals surface area contributed by atoms with Crippen LogP contribution in [0.2, 0.25) is 0 Å². The van der Waals surface area contributed by atoms with Crippen LogP contribution in [0.25, 0.3) is 0 Å². The molecule has 0 aromatic carbocycles. The first-order chi connectivity index (χ1) is 44.3. The molecule has 1 N–H and O–H groups in total. The third-order valence-corrected chi connectivity index (χ3v) is 15.5. The van der Waals surface area contributed by atoms with Gasteiger partial charge in [-0.25, -0.2) is 0 Å². The number of esters is 4. The predicted molar refractivity (Wildman–Crippen MR) is 387 cm³/mol. The highest BCUT2D eigenvalue weighted by Gasteiger charge is 2.26. The number of hydrogen-bond donors (Lipinski definition) is 1. The lowest BCUT2D eigenvalue weighted by molar-refractivity contribution is -0.873. The van der Waals surface area contributed by atoms with Crippen LogP contribution in [0.3, 0.4) is 0 Å². The Kier molecular flexibility index (Phi) is 65.8. The van der Waals surface area contributed by atoms with Crippen LogP contribution in [0.1, 0.15) is 291 Å². The Hall–Kier alpha value is -3.88. The second kappa shape index (κ2) is 67.1. The highest BCUT2D eigenvalue weighted by Crippen LogP contribution is 2.17. The van der Waals surface area contributed by atoms with Crippen molar-refractivity contribution in [1.82, 2.24) is 0 Å². The molecule has 0 aliphatic rings. The zero-order valence-electron chi connectivity index (χ0n) is 61.6. The molecule has 0 heterocycles. The van der Waals surface area contributed by atoms with Crippen molar-refractivity contribution in [3.63, 3.8) is 0 Å². The molecule has 0 aliphatic carbocycles. The number of quaternary nitrogens is 2. The molecule has 4 atom stereocenters. The monoisotopic (exact) mass is 1300 g/mol. The van der Waals surface area contributed by atoms with Crippen LogP contribution < -0.4 is 0 Å². The summed E-state index contributed by atoms with van der Waals surface area (Å²) in [6.07, 6.45) is 70.4. The Morgan fingerprint density at radius 2 is 0.728 bits per heavy atom. The molecule has 0 bridgehead atoms. The predicted octanol–water partition coefficient (Wildman–Crippen LogP) is 19.3. The van der Waals surface area contributed by atoms with Gasteiger partial charge < -0.3 is 42.5 Å². The molecule has 4 unspecified atom stereocenters. The molecular weight excluding hydrogens is 1150 g/mol. The molecule has 0 amide bonds. The number of likely N-dealkylation sites (N-methyl/N-ethyl adjacent to an activating group) is 1. The number of aliphatic hydroxyl groups is 1. The Bertz CT molecular complexity index is 1860. The van der Waals surface area contributed by atoms with Gasteiger partial charge in [0.25, 0.3) is 0 Å². The second-order valence-electron chi connectivity index (χ2n) is 27.8. The van der Waals surface area contributed by atoms with Crippen LogP contribution in [0.15, 0.2) is 72.9 Å². The number of unbranched alkanes of at least 4 members (excludes halogenated alkanes) is 28. The number of rotatable bonds is 64. The number of carbonyl (C=O) groups excluding carboxylic acids is 4. The standard InChI is InChI=1S/C51H88NO7.C28H58NO4/c1-7-9-11-13-15-17-19-21-23-24-25-26-27-29-31-33-35-37-39-41-50(54)59-49(46-57-51(55)43-48(58-47(3)53)44-52(4,5)6)45-56-42-40-38-36-34-32-30-28-22-20-18-16-14-12-10-8-2;1-6-7-8-9-10-11-12-13-14-15-16-17-18-19-20-21-32-24-27(30)25-33-28(31)22-26(2)23-29(3,4)5/h9,11,15,17,21,23,25-26,29,31,35,37,48-49H,7-8,10,12-14,16,18-20,22,24,27-28,30,32-34,36,38-46H2,1-6H3;26-27,30H,6-25H2,1-5H3/q2*+1/b11-9-,17-15-,23-21-,26-25-,31-29-,37-35-;. The molecule has 0 aromatic rings. The van der Waals surface area contributed by atoms with Gasteiger partial charge in [-0.05, 0) is 57.8 Å². The number of allylic oxidation sites excluding steroid dienone is 12. The van der Waals surface area contributed by atoms with Gasteiger partial charge in [-0.3, -0.25) is 19.2 Å². The third-order valence-electron chi connectivity index (χ3n) is 15.5. The van der Waals surface area contributed by atoms with Crippen molar-refractivity contribution in [2.24, 2.45) is 5.92 Å². The fourth-order valence-electron chi connectivity index (χ4n) is 10.8. The number of aliphatic hydroxyl groups excluding tert-OH is 1. The van der Waals surface area contributed by atoms with Crippen molar-refractivity contribution in [3.05, 3.63) is 72.9 Å². The fourth-order valence-corrected chi connectivity index (χ4v) is 10.8. The summed E-state index contributed by atoms with van der Waals surface area (Å²) in [6.45, 7) is 13.0. The van der Waals surface area contributed by atoms with Crippen LogP contribution in [-0.4, -0.2) is 151 Å². The largest absolute Gasteiger partial charge is 0.463 e. The van der Waals surface area contributed by atoms with E-state index in [1.54, 1.807) is 0 Å². The smallest absolute Gasteiger partial charge is 0.309 e. The maximum Gasteiger partial charge on any atom is 0.309 e. The van der Waals surface area contributed by atoms with E-state index in [0.29, 0.717) is 37.1 Å². The van der Waals surface area contributed by atoms with E-state index < -0.39 is 30.3 Å². The molecule has 13 heteroatoms. The average molecular weight is 1300 g/mol. The van der Waals surface area contributed by atoms with Crippen molar-refractivity contribution >= 4 is 23.9 Å². The van der Waals surface area contributed by atoms with Gasteiger partial charge in [0.05, 0.1) is 74.9 Å². The minimum atomic E-state index is -0.737. The first-order valence-corrected chi connectivity index (χ1v) is 37.3. The van der Waals surface area contributed by atoms with E-state index in [4.69, 9.17) is 28.4 Å². The van der Waals surface area contributed by atoms with Gasteiger partial charge in [-0.15, -0.1) is 0 Å². The van der Waals surface area contributed by atoms with E-state index in [1.807, 2.05) is 27.2 Å². The van der Waals surface area contributed by atoms with Gasteiger partial charge in [0.15, 0.2) is 12.2 Å². The second-order valence-corrected chi connectivity index (χ2v) is 27.8. The summed E-state index contributed by atoms with van der Waals surface area (Å²) >= 11 is 0. The minimum absolute atomic E-state index is 0.0226. The Morgan fingerprint density at radius 3 is 1.11 bits per heavy atom. The van der Waals surface area contributed by atoms with Crippen LogP contribution in [-0.2, 0) is 47.6 Å². The first-order valence-electron chi connectivity index (χ1n) is 37.3. The molecule has 0 fully saturated rings. The highest BCUT2D eigenvalue weighted by molar-refractivity contribution is 5.72. The van der Waals surface area contributed by atoms with Gasteiger partial charge in [0, 0.05) is 32.5 Å². The molecule has 13 nitrogen and oxygen atoms in total. The summed E-state index contributed by atoms with van der Waals surface area (Å²) < 4.78 is 34.6. The lowest BCUT2D eigenvalue weighted by Gasteiger charge is -2.28. The van der Waals surface area contributed by atoms with Gasteiger partial charge in [0.2, 0.25) is 0 Å². The van der Waals surface area contributed by atoms with Gasteiger partial charge in [-0.2, -0.15) is 0 Å². The molecule has 92 heavy (non-hydrogen) atoms. The Morgan fingerprint density at radius 1 is 0.380 bits per heavy atom. The summed E-state index contributed by atoms with van der Waals surface area (Å²) in [7, 11) is 12.2. The molecule has 0 radical (unpaired) electrons. The van der Waals surface area contributed by atoms with Crippen LogP contribution >= 0.6 is 0 Å². The summed E-state index contributed by atoms with van der Waals surface area (Å²) in [6, 6.07) is 0. The lowest BCUT2D eigenvalue weighted by atomic mass is 10.0. The summed E-state index contributed by atoms with van der Waals surface area (Å²) in [5.74, 6) is -1.29. The summed E-state index contributed by atoms with van der Waals surface area (Å²) in [5, 5.41) is 9.94. The summed E-state index contributed by atoms with van der Waals surface area (Å²) in [4.78, 5) is 49.1. The number of hydrogen-bond acceptors (Lipinski definition) is 11. The molecule has 0 aliphatic heterocycles. The van der Waals surface area contributed by atoms with E-state index in [1.165, 1.54) is 180 Å². The van der Waals surface area contributed by atoms with Crippen molar-refractivity contribution in [2.75, 3.05) is 95.0 Å². The molecule has 0 aromatic heterocycles. The van der Waals surface area contributed by atoms with E-state index in [9.17, 15) is 24.3 Å². The van der Waals surface area contributed by atoms with E-state index in [0.717, 1.165) is 68.8 Å². The zero-order valence-corrected chi connectivity index (χ0v) is 61.6. The highest BCUT2D eigenvalue weighted by atomic mass is 16.6. The SMILES string of the molecule is CC/C=C\C/C=C\C/C=C\C/C=C\C/C=C\C/C=C\CCC(=O)OC(COCCCCCCCCCCCCCCCCC)COC(=O)CC(C[N+](C)(C)C)OC(C)=O.CCCCCCCCCCCCCCCCCOCC(O)COC(=O)CC(C)C[N+](C)(C)C. The molecular formula is C79H146N2O11+2. The normalized spacial score (nSPS) is 13.6. The van der Waals surface area contributed by atoms with E-state index in [2.05, 4.69) is 116 Å². The van der Waals surface area contributed by atoms with E-state index >= 15 is 0 Å². The van der Waals surface area contributed by atoms with Crippen LogP contribution in [0, 0.1) is 5.92 Å². The first kappa shape index (κ1) is 90.2. The maximum atomic E-state index is 12.8. The van der Waals surface area contributed by atoms with Crippen molar-refractivity contribution in [3.8, 4) is 0 Å². The maximum absolute atomic E-state index is 12.8. The molecule has 0 spiro atoms. The molecule has 536 valence electrons. The number of carbonyl (C=O) groups is 4. The Balaban J connectivity index is 0. The van der Waals surface area contributed by atoms with Crippen molar-refractivity contribution < 1.29 is 61.7 Å². The molecule has 0 rings (SSSR count). The summed E-state index contributed by atoms with van der Waals surface area (Å²) in [5.41, 5.74) is 0. The van der Waals surface area contributed by atoms with Crippen LogP contribution in [0.5, 0.6) is 0 Å². The van der Waals surface area contributed by atoms with Gasteiger partial charge >= 0.3 is 23.9 Å². The zero-order chi connectivity index (χ0) is 68.3. The Labute approximate surface area is 566 Å². The lowest BCUT2D eigenvalue weighted by Crippen LogP contribution is -2.44. The van der Waals surface area contributed by atoms with Gasteiger partial charge in [-0.1, -0.05) is 280 Å². The minimum Gasteiger partial charge on any atom is -0.463 e. The quantitative estimate of drug-likeness (QED) is 0.0204. The molecule has 0 saturated heterocycles. The fraction of sp³-hybridized carbons (Fsp3) is 0.797. The molecule has 0 saturated carbocycles.